The zero-order valence-corrected chi connectivity index (χ0v) is 14.3. The van der Waals surface area contributed by atoms with Crippen LogP contribution in [0.25, 0.3) is 0 Å². The van der Waals surface area contributed by atoms with Crippen molar-refractivity contribution >= 4 is 27.3 Å². The summed E-state index contributed by atoms with van der Waals surface area (Å²) in [6, 6.07) is 2.44. The largest absolute Gasteiger partial charge is 0.146 e. The quantitative estimate of drug-likeness (QED) is 0.591. The summed E-state index contributed by atoms with van der Waals surface area (Å²) < 4.78 is 0. The third kappa shape index (κ3) is 2.05. The van der Waals surface area contributed by atoms with Gasteiger partial charge < -0.3 is 0 Å². The molecule has 1 unspecified atom stereocenters. The van der Waals surface area contributed by atoms with E-state index in [2.05, 4.69) is 35.8 Å². The molecule has 104 valence electrons. The minimum absolute atomic E-state index is 0.618. The van der Waals surface area contributed by atoms with Crippen LogP contribution in [0.3, 0.4) is 0 Å². The summed E-state index contributed by atoms with van der Waals surface area (Å²) >= 11 is 6.08. The van der Waals surface area contributed by atoms with Crippen molar-refractivity contribution in [2.45, 2.75) is 50.8 Å². The van der Waals surface area contributed by atoms with Gasteiger partial charge in [0.25, 0.3) is 0 Å². The van der Waals surface area contributed by atoms with Crippen LogP contribution in [0, 0.1) is 43.4 Å². The molecule has 1 aromatic heterocycles. The van der Waals surface area contributed by atoms with Crippen molar-refractivity contribution in [3.8, 4) is 0 Å². The predicted molar refractivity (Wildman–Crippen MR) is 86.0 cm³/mol. The number of alkyl halides is 1. The van der Waals surface area contributed by atoms with Crippen molar-refractivity contribution in [2.75, 3.05) is 0 Å². The summed E-state index contributed by atoms with van der Waals surface area (Å²) in [4.78, 5) is 3.63. The Morgan fingerprint density at radius 1 is 1.05 bits per heavy atom. The van der Waals surface area contributed by atoms with Crippen molar-refractivity contribution in [1.29, 1.82) is 0 Å². The molecule has 4 aliphatic rings. The molecule has 4 aliphatic carbocycles. The molecule has 1 heterocycles. The molecule has 19 heavy (non-hydrogen) atoms. The van der Waals surface area contributed by atoms with Crippen LogP contribution >= 0.6 is 27.3 Å². The molecular weight excluding hydrogens is 316 g/mol. The van der Waals surface area contributed by atoms with Gasteiger partial charge in [0.1, 0.15) is 0 Å². The highest BCUT2D eigenvalue weighted by Crippen LogP contribution is 2.61. The molecule has 1 atom stereocenters. The fourth-order valence-corrected chi connectivity index (χ4v) is 8.04. The number of hydrogen-bond donors (Lipinski definition) is 0. The SMILES string of the molecule is Cc1cc(C(Br)C2C3CC4CC(C3)CC2C4)c(C)s1. The molecular formula is C17H23BrS. The van der Waals surface area contributed by atoms with Crippen molar-refractivity contribution in [2.24, 2.45) is 29.6 Å². The first-order valence-corrected chi connectivity index (χ1v) is 9.56. The second kappa shape index (κ2) is 4.59. The van der Waals surface area contributed by atoms with Crippen LogP contribution in [0.2, 0.25) is 0 Å². The minimum Gasteiger partial charge on any atom is -0.146 e. The zero-order chi connectivity index (χ0) is 13.1. The Labute approximate surface area is 129 Å². The molecule has 0 amide bonds. The van der Waals surface area contributed by atoms with Crippen molar-refractivity contribution in [3.05, 3.63) is 21.4 Å². The lowest BCUT2D eigenvalue weighted by Crippen LogP contribution is -2.46. The first-order chi connectivity index (χ1) is 9.11. The van der Waals surface area contributed by atoms with E-state index >= 15 is 0 Å². The lowest BCUT2D eigenvalue weighted by Gasteiger charge is -2.55. The first-order valence-electron chi connectivity index (χ1n) is 7.82. The fourth-order valence-electron chi connectivity index (χ4n) is 5.58. The first kappa shape index (κ1) is 12.9. The molecule has 4 saturated carbocycles. The van der Waals surface area contributed by atoms with Gasteiger partial charge in [-0.1, -0.05) is 15.9 Å². The summed E-state index contributed by atoms with van der Waals surface area (Å²) in [5.41, 5.74) is 1.60. The average molecular weight is 339 g/mol. The normalized spacial score (nSPS) is 41.7. The van der Waals surface area contributed by atoms with Crippen LogP contribution in [0.15, 0.2) is 6.07 Å². The van der Waals surface area contributed by atoms with Crippen LogP contribution < -0.4 is 0 Å². The van der Waals surface area contributed by atoms with Gasteiger partial charge in [-0.15, -0.1) is 11.3 Å². The Kier molecular flexibility index (Phi) is 3.11. The van der Waals surface area contributed by atoms with Crippen molar-refractivity contribution in [3.63, 3.8) is 0 Å². The monoisotopic (exact) mass is 338 g/mol. The molecule has 0 aromatic carbocycles. The molecule has 0 N–H and O–H groups in total. The molecule has 0 saturated heterocycles. The van der Waals surface area contributed by atoms with E-state index < -0.39 is 0 Å². The predicted octanol–water partition coefficient (Wildman–Crippen LogP) is 5.87. The van der Waals surface area contributed by atoms with Gasteiger partial charge in [0.15, 0.2) is 0 Å². The van der Waals surface area contributed by atoms with Crippen molar-refractivity contribution in [1.82, 2.24) is 0 Å². The Morgan fingerprint density at radius 2 is 1.63 bits per heavy atom. The molecule has 4 fully saturated rings. The lowest BCUT2D eigenvalue weighted by atomic mass is 9.51. The van der Waals surface area contributed by atoms with Gasteiger partial charge in [0.2, 0.25) is 0 Å². The Bertz CT molecular complexity index is 461. The second-order valence-electron chi connectivity index (χ2n) is 7.28. The molecule has 0 radical (unpaired) electrons. The van der Waals surface area contributed by atoms with E-state index in [-0.39, 0.29) is 0 Å². The van der Waals surface area contributed by atoms with Gasteiger partial charge in [0.05, 0.1) is 0 Å². The Hall–Kier alpha value is 0.180. The summed E-state index contributed by atoms with van der Waals surface area (Å²) in [6.45, 7) is 4.55. The summed E-state index contributed by atoms with van der Waals surface area (Å²) in [6.07, 6.45) is 7.68. The van der Waals surface area contributed by atoms with Gasteiger partial charge in [-0.25, -0.2) is 0 Å². The van der Waals surface area contributed by atoms with Crippen LogP contribution in [0.4, 0.5) is 0 Å². The highest BCUT2D eigenvalue weighted by Gasteiger charge is 2.50. The summed E-state index contributed by atoms with van der Waals surface area (Å²) in [5, 5.41) is 0. The number of rotatable bonds is 2. The second-order valence-corrected chi connectivity index (χ2v) is 9.73. The van der Waals surface area contributed by atoms with Crippen LogP contribution in [-0.2, 0) is 0 Å². The number of aryl methyl sites for hydroxylation is 2. The van der Waals surface area contributed by atoms with E-state index in [1.165, 1.54) is 35.4 Å². The summed E-state index contributed by atoms with van der Waals surface area (Å²) in [7, 11) is 0. The number of hydrogen-bond acceptors (Lipinski definition) is 1. The van der Waals surface area contributed by atoms with E-state index in [1.807, 2.05) is 11.3 Å². The highest BCUT2D eigenvalue weighted by molar-refractivity contribution is 9.09. The third-order valence-electron chi connectivity index (χ3n) is 6.01. The molecule has 4 bridgehead atoms. The average Bonchev–Trinajstić information content (AvgIpc) is 2.66. The molecule has 0 spiro atoms. The Morgan fingerprint density at radius 3 is 2.11 bits per heavy atom. The van der Waals surface area contributed by atoms with Gasteiger partial charge >= 0.3 is 0 Å². The maximum Gasteiger partial charge on any atom is 0.0439 e. The zero-order valence-electron chi connectivity index (χ0n) is 11.9. The molecule has 2 heteroatoms. The number of halogens is 1. The number of thiophene rings is 1. The topological polar surface area (TPSA) is 0 Å². The standard InChI is InChI=1S/C17H23BrS/c1-9-3-15(10(2)19-9)17(18)16-13-5-11-4-12(7-13)8-14(16)6-11/h3,11-14,16-17H,4-8H2,1-2H3. The summed E-state index contributed by atoms with van der Waals surface area (Å²) in [5.74, 6) is 5.12. The van der Waals surface area contributed by atoms with Crippen molar-refractivity contribution < 1.29 is 0 Å². The van der Waals surface area contributed by atoms with Gasteiger partial charge in [-0.05, 0) is 87.2 Å². The highest BCUT2D eigenvalue weighted by atomic mass is 79.9. The van der Waals surface area contributed by atoms with E-state index in [4.69, 9.17) is 0 Å². The van der Waals surface area contributed by atoms with Crippen LogP contribution in [-0.4, -0.2) is 0 Å². The van der Waals surface area contributed by atoms with Gasteiger partial charge in [-0.3, -0.25) is 0 Å². The van der Waals surface area contributed by atoms with E-state index in [1.54, 1.807) is 12.0 Å². The van der Waals surface area contributed by atoms with Crippen LogP contribution in [0.5, 0.6) is 0 Å². The van der Waals surface area contributed by atoms with Gasteiger partial charge in [-0.2, -0.15) is 0 Å². The van der Waals surface area contributed by atoms with Crippen LogP contribution in [0.1, 0.15) is 52.2 Å². The Balaban J connectivity index is 1.63. The smallest absolute Gasteiger partial charge is 0.0439 e. The molecule has 5 rings (SSSR count). The fraction of sp³-hybridized carbons (Fsp3) is 0.765. The van der Waals surface area contributed by atoms with Gasteiger partial charge in [0, 0.05) is 14.6 Å². The third-order valence-corrected chi connectivity index (χ3v) is 8.10. The van der Waals surface area contributed by atoms with E-state index in [0.717, 1.165) is 29.6 Å². The molecule has 1 aromatic rings. The lowest BCUT2D eigenvalue weighted by molar-refractivity contribution is -0.0364. The maximum atomic E-state index is 4.11. The minimum atomic E-state index is 0.618. The molecule has 0 aliphatic heterocycles. The van der Waals surface area contributed by atoms with E-state index in [9.17, 15) is 0 Å². The van der Waals surface area contributed by atoms with E-state index in [0.29, 0.717) is 4.83 Å². The maximum absolute atomic E-state index is 4.11. The molecule has 0 nitrogen and oxygen atoms in total.